The summed E-state index contributed by atoms with van der Waals surface area (Å²) in [5.74, 6) is 0. The summed E-state index contributed by atoms with van der Waals surface area (Å²) in [6, 6.07) is 93.7. The average molecular weight is 894 g/mol. The van der Waals surface area contributed by atoms with E-state index in [4.69, 9.17) is 0 Å². The largest absolute Gasteiger partial charge is 0.311 e. The normalized spacial score (nSPS) is 11.4. The van der Waals surface area contributed by atoms with Crippen molar-refractivity contribution in [2.75, 3.05) is 4.90 Å². The van der Waals surface area contributed by atoms with Crippen molar-refractivity contribution in [2.24, 2.45) is 0 Å². The van der Waals surface area contributed by atoms with Crippen molar-refractivity contribution < 1.29 is 0 Å². The lowest BCUT2D eigenvalue weighted by Crippen LogP contribution is -2.09. The molecule has 12 aromatic carbocycles. The van der Waals surface area contributed by atoms with E-state index < -0.39 is 0 Å². The number of aryl methyl sites for hydroxylation is 3. The van der Waals surface area contributed by atoms with Crippen molar-refractivity contribution in [2.45, 2.75) is 20.8 Å². The van der Waals surface area contributed by atoms with Crippen LogP contribution in [0.25, 0.3) is 99.1 Å². The van der Waals surface area contributed by atoms with Gasteiger partial charge in [-0.25, -0.2) is 0 Å². The van der Waals surface area contributed by atoms with Crippen LogP contribution in [0, 0.1) is 20.8 Å². The molecule has 0 aliphatic rings. The van der Waals surface area contributed by atoms with Gasteiger partial charge in [0.15, 0.2) is 0 Å². The zero-order valence-corrected chi connectivity index (χ0v) is 39.7. The van der Waals surface area contributed by atoms with Crippen molar-refractivity contribution in [3.05, 3.63) is 271 Å². The highest BCUT2D eigenvalue weighted by Crippen LogP contribution is 2.42. The molecule has 0 saturated heterocycles. The minimum atomic E-state index is 1.09. The molecule has 70 heavy (non-hydrogen) atoms. The first-order chi connectivity index (χ1) is 34.4. The first kappa shape index (κ1) is 42.6. The highest BCUT2D eigenvalue weighted by molar-refractivity contribution is 6.03. The Bertz CT molecular complexity index is 3440. The van der Waals surface area contributed by atoms with E-state index in [-0.39, 0.29) is 0 Å². The van der Waals surface area contributed by atoms with Crippen LogP contribution in [0.2, 0.25) is 0 Å². The number of fused-ring (bicyclic) bond motifs is 3. The van der Waals surface area contributed by atoms with Gasteiger partial charge in [0.25, 0.3) is 0 Å². The zero-order valence-electron chi connectivity index (χ0n) is 39.7. The van der Waals surface area contributed by atoms with Crippen LogP contribution in [0.4, 0.5) is 17.1 Å². The standard InChI is InChI=1S/C69H51N/c1-46-19-37-64(67-43-55(28-40-61(46)67)49-13-7-4-8-14-49)52-22-31-58(32-23-52)70(59-33-24-53(25-34-59)65-38-20-47(2)62-41-29-56(44-68(62)65)50-15-9-5-10-16-50)60-35-26-54(27-36-60)66-39-21-48(3)63-42-30-57(45-69(63)66)51-17-11-6-12-18-51/h4-45H,1-3H3. The maximum absolute atomic E-state index is 2.39. The Kier molecular flexibility index (Phi) is 11.0. The first-order valence-corrected chi connectivity index (χ1v) is 24.3. The molecule has 1 heteroatoms. The Labute approximate surface area is 411 Å². The number of anilines is 3. The molecule has 0 unspecified atom stereocenters. The van der Waals surface area contributed by atoms with Crippen LogP contribution >= 0.6 is 0 Å². The van der Waals surface area contributed by atoms with Crippen molar-refractivity contribution in [3.63, 3.8) is 0 Å². The molecular weight excluding hydrogens is 843 g/mol. The van der Waals surface area contributed by atoms with Gasteiger partial charge in [-0.2, -0.15) is 0 Å². The van der Waals surface area contributed by atoms with Gasteiger partial charge in [-0.1, -0.05) is 200 Å². The number of nitrogens with zero attached hydrogens (tertiary/aromatic N) is 1. The Morgan fingerprint density at radius 2 is 0.457 bits per heavy atom. The van der Waals surface area contributed by atoms with Crippen LogP contribution in [-0.2, 0) is 0 Å². The molecule has 1 nitrogen and oxygen atoms in total. The summed E-state index contributed by atoms with van der Waals surface area (Å²) in [4.78, 5) is 2.39. The molecule has 12 rings (SSSR count). The van der Waals surface area contributed by atoms with Crippen LogP contribution in [-0.4, -0.2) is 0 Å². The molecule has 0 saturated carbocycles. The Hall–Kier alpha value is -8.78. The second kappa shape index (κ2) is 18.0. The number of hydrogen-bond donors (Lipinski definition) is 0. The Morgan fingerprint density at radius 3 is 0.729 bits per heavy atom. The number of benzene rings is 12. The summed E-state index contributed by atoms with van der Waals surface area (Å²) >= 11 is 0. The summed E-state index contributed by atoms with van der Waals surface area (Å²) < 4.78 is 0. The fourth-order valence-corrected chi connectivity index (χ4v) is 10.5. The molecule has 0 N–H and O–H groups in total. The van der Waals surface area contributed by atoms with Gasteiger partial charge in [-0.3, -0.25) is 0 Å². The third kappa shape index (κ3) is 7.92. The van der Waals surface area contributed by atoms with Gasteiger partial charge in [0.2, 0.25) is 0 Å². The lowest BCUT2D eigenvalue weighted by molar-refractivity contribution is 1.28. The van der Waals surface area contributed by atoms with Crippen LogP contribution in [0.1, 0.15) is 16.7 Å². The van der Waals surface area contributed by atoms with E-state index in [1.807, 2.05) is 0 Å². The lowest BCUT2D eigenvalue weighted by atomic mass is 9.92. The Morgan fingerprint density at radius 1 is 0.200 bits per heavy atom. The van der Waals surface area contributed by atoms with Gasteiger partial charge < -0.3 is 4.90 Å². The summed E-state index contributed by atoms with van der Waals surface area (Å²) in [7, 11) is 0. The summed E-state index contributed by atoms with van der Waals surface area (Å²) in [5, 5.41) is 7.61. The van der Waals surface area contributed by atoms with E-state index in [1.165, 1.54) is 116 Å². The predicted molar refractivity (Wildman–Crippen MR) is 300 cm³/mol. The third-order valence-electron chi connectivity index (χ3n) is 14.3. The van der Waals surface area contributed by atoms with Crippen molar-refractivity contribution in [1.29, 1.82) is 0 Å². The van der Waals surface area contributed by atoms with Crippen LogP contribution in [0.15, 0.2) is 255 Å². The topological polar surface area (TPSA) is 3.24 Å². The molecule has 0 radical (unpaired) electrons. The SMILES string of the molecule is Cc1ccc(-c2ccc(N(c3ccc(-c4ccc(C)c5ccc(-c6ccccc6)cc45)cc3)c3ccc(-c4ccc(C)c5ccc(-c6ccccc6)cc45)cc3)cc2)c2cc(-c3ccccc3)ccc12. The monoisotopic (exact) mass is 893 g/mol. The van der Waals surface area contributed by atoms with Gasteiger partial charge in [0, 0.05) is 17.1 Å². The zero-order chi connectivity index (χ0) is 47.1. The van der Waals surface area contributed by atoms with E-state index in [0.717, 1.165) is 17.1 Å². The molecule has 0 heterocycles. The van der Waals surface area contributed by atoms with Gasteiger partial charge >= 0.3 is 0 Å². The van der Waals surface area contributed by atoms with Gasteiger partial charge in [0.05, 0.1) is 0 Å². The van der Waals surface area contributed by atoms with E-state index in [2.05, 4.69) is 280 Å². The Balaban J connectivity index is 0.954. The molecule has 0 bridgehead atoms. The molecule has 0 fully saturated rings. The van der Waals surface area contributed by atoms with Gasteiger partial charge in [0.1, 0.15) is 0 Å². The van der Waals surface area contributed by atoms with E-state index in [9.17, 15) is 0 Å². The lowest BCUT2D eigenvalue weighted by Gasteiger charge is -2.26. The van der Waals surface area contributed by atoms with Crippen molar-refractivity contribution >= 4 is 49.4 Å². The van der Waals surface area contributed by atoms with Crippen molar-refractivity contribution in [1.82, 2.24) is 0 Å². The van der Waals surface area contributed by atoms with E-state index in [1.54, 1.807) is 0 Å². The fraction of sp³-hybridized carbons (Fsp3) is 0.0435. The fourth-order valence-electron chi connectivity index (χ4n) is 10.5. The average Bonchev–Trinajstić information content (AvgIpc) is 3.42. The molecule has 0 aliphatic heterocycles. The second-order valence-electron chi connectivity index (χ2n) is 18.6. The van der Waals surface area contributed by atoms with E-state index in [0.29, 0.717) is 0 Å². The summed E-state index contributed by atoms with van der Waals surface area (Å²) in [6.07, 6.45) is 0. The molecule has 0 spiro atoms. The van der Waals surface area contributed by atoms with Crippen molar-refractivity contribution in [3.8, 4) is 66.8 Å². The first-order valence-electron chi connectivity index (χ1n) is 24.3. The second-order valence-corrected chi connectivity index (χ2v) is 18.6. The molecule has 0 atom stereocenters. The van der Waals surface area contributed by atoms with Gasteiger partial charge in [-0.15, -0.1) is 0 Å². The number of hydrogen-bond acceptors (Lipinski definition) is 1. The van der Waals surface area contributed by atoms with Crippen LogP contribution in [0.5, 0.6) is 0 Å². The summed E-state index contributed by atoms with van der Waals surface area (Å²) in [5.41, 5.74) is 21.7. The van der Waals surface area contributed by atoms with Gasteiger partial charge in [-0.05, 0) is 191 Å². The van der Waals surface area contributed by atoms with E-state index >= 15 is 0 Å². The maximum atomic E-state index is 2.39. The quantitative estimate of drug-likeness (QED) is 0.140. The molecule has 0 aliphatic carbocycles. The molecular formula is C69H51N. The number of rotatable bonds is 9. The molecule has 0 aromatic heterocycles. The van der Waals surface area contributed by atoms with Crippen LogP contribution in [0.3, 0.4) is 0 Å². The molecule has 332 valence electrons. The summed E-state index contributed by atoms with van der Waals surface area (Å²) in [6.45, 7) is 6.62. The smallest absolute Gasteiger partial charge is 0.0462 e. The molecule has 0 amide bonds. The predicted octanol–water partition coefficient (Wildman–Crippen LogP) is 19.5. The highest BCUT2D eigenvalue weighted by atomic mass is 15.1. The minimum absolute atomic E-state index is 1.09. The highest BCUT2D eigenvalue weighted by Gasteiger charge is 2.17. The van der Waals surface area contributed by atoms with Crippen LogP contribution < -0.4 is 4.90 Å². The minimum Gasteiger partial charge on any atom is -0.311 e. The third-order valence-corrected chi connectivity index (χ3v) is 14.3. The maximum Gasteiger partial charge on any atom is 0.0462 e. The molecule has 12 aromatic rings.